The summed E-state index contributed by atoms with van der Waals surface area (Å²) in [5, 5.41) is 16.7. The Kier molecular flexibility index (Phi) is 3.43. The van der Waals surface area contributed by atoms with Gasteiger partial charge in [0.15, 0.2) is 0 Å². The summed E-state index contributed by atoms with van der Waals surface area (Å²) in [4.78, 5) is 12.2. The van der Waals surface area contributed by atoms with Gasteiger partial charge in [-0.1, -0.05) is 0 Å². The smallest absolute Gasteiger partial charge is 0.254 e. The molecular weight excluding hydrogens is 242 g/mol. The van der Waals surface area contributed by atoms with Gasteiger partial charge in [-0.2, -0.15) is 5.10 Å². The summed E-state index contributed by atoms with van der Waals surface area (Å²) in [5.41, 5.74) is -0.119. The number of aliphatic hydroxyl groups is 1. The van der Waals surface area contributed by atoms with Gasteiger partial charge in [0.2, 0.25) is 0 Å². The molecule has 0 spiro atoms. The van der Waals surface area contributed by atoms with Crippen molar-refractivity contribution in [3.8, 4) is 0 Å². The molecule has 0 radical (unpaired) electrons. The van der Waals surface area contributed by atoms with E-state index in [1.165, 1.54) is 0 Å². The number of hydrogen-bond donors (Lipinski definition) is 2. The molecule has 0 aromatic carbocycles. The van der Waals surface area contributed by atoms with Crippen molar-refractivity contribution >= 4 is 5.91 Å². The lowest BCUT2D eigenvalue weighted by atomic mass is 9.96. The minimum Gasteiger partial charge on any atom is -0.394 e. The van der Waals surface area contributed by atoms with Crippen LogP contribution in [-0.2, 0) is 5.54 Å². The number of aliphatic hydroxyl groups excluding tert-OH is 1. The molecule has 1 amide bonds. The van der Waals surface area contributed by atoms with Crippen LogP contribution in [0.25, 0.3) is 0 Å². The van der Waals surface area contributed by atoms with Gasteiger partial charge in [-0.15, -0.1) is 0 Å². The second-order valence-electron chi connectivity index (χ2n) is 6.65. The lowest BCUT2D eigenvalue weighted by Crippen LogP contribution is -2.50. The molecule has 0 saturated heterocycles. The molecule has 106 valence electrons. The Labute approximate surface area is 114 Å². The predicted molar refractivity (Wildman–Crippen MR) is 72.9 cm³/mol. The quantitative estimate of drug-likeness (QED) is 0.867. The van der Waals surface area contributed by atoms with Crippen LogP contribution in [0.5, 0.6) is 0 Å². The molecule has 1 aromatic heterocycles. The molecule has 0 aliphatic heterocycles. The standard InChI is InChI=1S/C14H23N3O2/c1-13(2,3)17-8-10(7-15-17)12(19)16-14(4,9-18)11-5-6-11/h7-8,11,18H,5-6,9H2,1-4H3,(H,16,19). The van der Waals surface area contributed by atoms with Gasteiger partial charge in [0.25, 0.3) is 5.91 Å². The number of carbonyl (C=O) groups excluding carboxylic acids is 1. The van der Waals surface area contributed by atoms with Crippen LogP contribution in [0.4, 0.5) is 0 Å². The summed E-state index contributed by atoms with van der Waals surface area (Å²) in [6.45, 7) is 7.96. The minimum absolute atomic E-state index is 0.0309. The van der Waals surface area contributed by atoms with Gasteiger partial charge >= 0.3 is 0 Å². The third-order valence-corrected chi connectivity index (χ3v) is 3.74. The van der Waals surface area contributed by atoms with Gasteiger partial charge in [0.1, 0.15) is 0 Å². The lowest BCUT2D eigenvalue weighted by molar-refractivity contribution is 0.0824. The second-order valence-corrected chi connectivity index (χ2v) is 6.65. The maximum absolute atomic E-state index is 12.2. The van der Waals surface area contributed by atoms with E-state index < -0.39 is 5.54 Å². The summed E-state index contributed by atoms with van der Waals surface area (Å²) in [6, 6.07) is 0. The van der Waals surface area contributed by atoms with Crippen molar-refractivity contribution < 1.29 is 9.90 Å². The van der Waals surface area contributed by atoms with Crippen LogP contribution in [-0.4, -0.2) is 32.9 Å². The zero-order chi connectivity index (χ0) is 14.3. The number of nitrogens with one attached hydrogen (secondary N) is 1. The highest BCUT2D eigenvalue weighted by molar-refractivity contribution is 5.94. The van der Waals surface area contributed by atoms with Crippen molar-refractivity contribution in [1.29, 1.82) is 0 Å². The maximum Gasteiger partial charge on any atom is 0.254 e. The van der Waals surface area contributed by atoms with Gasteiger partial charge in [-0.3, -0.25) is 9.48 Å². The van der Waals surface area contributed by atoms with E-state index in [0.29, 0.717) is 11.5 Å². The van der Waals surface area contributed by atoms with Gasteiger partial charge < -0.3 is 10.4 Å². The van der Waals surface area contributed by atoms with Crippen molar-refractivity contribution in [3.63, 3.8) is 0 Å². The molecule has 1 fully saturated rings. The van der Waals surface area contributed by atoms with Gasteiger partial charge in [-0.05, 0) is 46.5 Å². The van der Waals surface area contributed by atoms with E-state index in [9.17, 15) is 9.90 Å². The largest absolute Gasteiger partial charge is 0.394 e. The van der Waals surface area contributed by atoms with Crippen molar-refractivity contribution in [1.82, 2.24) is 15.1 Å². The minimum atomic E-state index is -0.513. The Morgan fingerprint density at radius 2 is 2.11 bits per heavy atom. The van der Waals surface area contributed by atoms with Crippen LogP contribution in [0.1, 0.15) is 50.9 Å². The number of amides is 1. The molecule has 1 atom stereocenters. The fraction of sp³-hybridized carbons (Fsp3) is 0.714. The Balaban J connectivity index is 2.09. The Hall–Kier alpha value is -1.36. The first-order valence-corrected chi connectivity index (χ1v) is 6.75. The molecule has 1 aliphatic rings. The summed E-state index contributed by atoms with van der Waals surface area (Å²) in [5.74, 6) is 0.220. The molecule has 19 heavy (non-hydrogen) atoms. The molecule has 1 unspecified atom stereocenters. The molecule has 1 aromatic rings. The number of carbonyl (C=O) groups is 1. The predicted octanol–water partition coefficient (Wildman–Crippen LogP) is 1.53. The third-order valence-electron chi connectivity index (χ3n) is 3.74. The van der Waals surface area contributed by atoms with Gasteiger partial charge in [0, 0.05) is 6.20 Å². The first-order chi connectivity index (χ1) is 8.76. The summed E-state index contributed by atoms with van der Waals surface area (Å²) < 4.78 is 1.77. The molecular formula is C14H23N3O2. The SMILES string of the molecule is CC(CO)(NC(=O)c1cnn(C(C)(C)C)c1)C1CC1. The third kappa shape index (κ3) is 2.97. The van der Waals surface area contributed by atoms with E-state index in [4.69, 9.17) is 0 Å². The molecule has 2 rings (SSSR count). The van der Waals surface area contributed by atoms with E-state index in [0.717, 1.165) is 12.8 Å². The number of hydrogen-bond acceptors (Lipinski definition) is 3. The lowest BCUT2D eigenvalue weighted by Gasteiger charge is -2.28. The van der Waals surface area contributed by atoms with Gasteiger partial charge in [-0.25, -0.2) is 0 Å². The van der Waals surface area contributed by atoms with E-state index in [-0.39, 0.29) is 18.1 Å². The van der Waals surface area contributed by atoms with Crippen LogP contribution in [0.2, 0.25) is 0 Å². The molecule has 5 heteroatoms. The normalized spacial score (nSPS) is 19.0. The Bertz CT molecular complexity index is 471. The first kappa shape index (κ1) is 14.1. The fourth-order valence-electron chi connectivity index (χ4n) is 2.13. The number of rotatable bonds is 4. The summed E-state index contributed by atoms with van der Waals surface area (Å²) in [6.07, 6.45) is 5.46. The van der Waals surface area contributed by atoms with Crippen molar-refractivity contribution in [2.45, 2.75) is 51.6 Å². The highest BCUT2D eigenvalue weighted by atomic mass is 16.3. The van der Waals surface area contributed by atoms with Crippen molar-refractivity contribution in [2.75, 3.05) is 6.61 Å². The molecule has 1 aliphatic carbocycles. The van der Waals surface area contributed by atoms with Crippen LogP contribution in [0.15, 0.2) is 12.4 Å². The van der Waals surface area contributed by atoms with Crippen molar-refractivity contribution in [2.24, 2.45) is 5.92 Å². The Morgan fingerprint density at radius 1 is 1.47 bits per heavy atom. The first-order valence-electron chi connectivity index (χ1n) is 6.75. The van der Waals surface area contributed by atoms with E-state index in [1.54, 1.807) is 17.1 Å². The summed E-state index contributed by atoms with van der Waals surface area (Å²) >= 11 is 0. The number of nitrogens with zero attached hydrogens (tertiary/aromatic N) is 2. The van der Waals surface area contributed by atoms with E-state index in [1.807, 2.05) is 27.7 Å². The molecule has 5 nitrogen and oxygen atoms in total. The average Bonchev–Trinajstić information content (AvgIpc) is 3.05. The van der Waals surface area contributed by atoms with E-state index >= 15 is 0 Å². The number of aromatic nitrogens is 2. The van der Waals surface area contributed by atoms with Crippen LogP contribution < -0.4 is 5.32 Å². The molecule has 1 heterocycles. The zero-order valence-corrected chi connectivity index (χ0v) is 12.1. The summed E-state index contributed by atoms with van der Waals surface area (Å²) in [7, 11) is 0. The van der Waals surface area contributed by atoms with Crippen LogP contribution >= 0.6 is 0 Å². The maximum atomic E-state index is 12.2. The molecule has 0 bridgehead atoms. The van der Waals surface area contributed by atoms with Crippen LogP contribution in [0, 0.1) is 5.92 Å². The monoisotopic (exact) mass is 265 g/mol. The van der Waals surface area contributed by atoms with Gasteiger partial charge in [0.05, 0.1) is 29.4 Å². The topological polar surface area (TPSA) is 67.2 Å². The average molecular weight is 265 g/mol. The Morgan fingerprint density at radius 3 is 2.53 bits per heavy atom. The highest BCUT2D eigenvalue weighted by Crippen LogP contribution is 2.39. The zero-order valence-electron chi connectivity index (χ0n) is 12.1. The highest BCUT2D eigenvalue weighted by Gasteiger charge is 2.42. The van der Waals surface area contributed by atoms with E-state index in [2.05, 4.69) is 10.4 Å². The van der Waals surface area contributed by atoms with Crippen LogP contribution in [0.3, 0.4) is 0 Å². The fourth-order valence-corrected chi connectivity index (χ4v) is 2.13. The second kappa shape index (κ2) is 4.63. The molecule has 1 saturated carbocycles. The van der Waals surface area contributed by atoms with Crippen molar-refractivity contribution in [3.05, 3.63) is 18.0 Å². The molecule has 2 N–H and O–H groups in total.